The molecule has 4 heterocycles. The lowest BCUT2D eigenvalue weighted by Gasteiger charge is -2.34. The van der Waals surface area contributed by atoms with Crippen molar-refractivity contribution in [3.05, 3.63) is 59.0 Å². The molecule has 3 aromatic heterocycles. The number of alkyl halides is 3. The van der Waals surface area contributed by atoms with Gasteiger partial charge in [0.2, 0.25) is 0 Å². The SMILES string of the molecule is Cc1cn2cc(-c3[nH]c4ccc(C5CCN(C(C)C)CC5)cc4c3C(C)C)cc(C(F)(F)F)c2n1. The number of imidazole rings is 1. The third-order valence-corrected chi connectivity index (χ3v) is 7.44. The maximum Gasteiger partial charge on any atom is 0.420 e. The van der Waals surface area contributed by atoms with Crippen LogP contribution < -0.4 is 0 Å². The number of piperidine rings is 1. The fourth-order valence-corrected chi connectivity index (χ4v) is 5.63. The Morgan fingerprint density at radius 3 is 2.37 bits per heavy atom. The molecule has 0 amide bonds. The van der Waals surface area contributed by atoms with Crippen molar-refractivity contribution in [2.45, 2.75) is 71.5 Å². The molecule has 1 N–H and O–H groups in total. The van der Waals surface area contributed by atoms with Gasteiger partial charge < -0.3 is 14.3 Å². The molecule has 0 unspecified atom stereocenters. The molecule has 186 valence electrons. The van der Waals surface area contributed by atoms with Crippen LogP contribution in [-0.4, -0.2) is 38.4 Å². The zero-order valence-corrected chi connectivity index (χ0v) is 21.0. The van der Waals surface area contributed by atoms with E-state index in [1.54, 1.807) is 19.3 Å². The van der Waals surface area contributed by atoms with Gasteiger partial charge in [-0.25, -0.2) is 4.98 Å². The number of hydrogen-bond acceptors (Lipinski definition) is 2. The summed E-state index contributed by atoms with van der Waals surface area (Å²) in [6.45, 7) is 12.6. The molecule has 35 heavy (non-hydrogen) atoms. The van der Waals surface area contributed by atoms with Gasteiger partial charge in [-0.3, -0.25) is 0 Å². The van der Waals surface area contributed by atoms with Crippen molar-refractivity contribution in [1.29, 1.82) is 0 Å². The number of nitrogens with one attached hydrogen (secondary N) is 1. The molecule has 0 bridgehead atoms. The Kier molecular flexibility index (Phi) is 5.94. The van der Waals surface area contributed by atoms with Crippen LogP contribution in [0.25, 0.3) is 27.8 Å². The lowest BCUT2D eigenvalue weighted by Crippen LogP contribution is -2.37. The second kappa shape index (κ2) is 8.70. The molecule has 4 nitrogen and oxygen atoms in total. The van der Waals surface area contributed by atoms with Gasteiger partial charge in [0.05, 0.1) is 17.0 Å². The normalized spacial score (nSPS) is 16.4. The molecule has 0 spiro atoms. The van der Waals surface area contributed by atoms with Crippen LogP contribution in [0.3, 0.4) is 0 Å². The van der Waals surface area contributed by atoms with Crippen molar-refractivity contribution in [2.24, 2.45) is 0 Å². The quantitative estimate of drug-likeness (QED) is 0.327. The number of rotatable bonds is 4. The number of likely N-dealkylation sites (tertiary alicyclic amines) is 1. The smallest absolute Gasteiger partial charge is 0.354 e. The number of fused-ring (bicyclic) bond motifs is 2. The number of halogens is 3. The summed E-state index contributed by atoms with van der Waals surface area (Å²) in [6.07, 6.45) is 1.17. The molecule has 0 aliphatic carbocycles. The first-order chi connectivity index (χ1) is 16.5. The molecule has 1 aromatic carbocycles. The number of aromatic amines is 1. The molecule has 0 atom stereocenters. The predicted octanol–water partition coefficient (Wildman–Crippen LogP) is 7.52. The maximum absolute atomic E-state index is 14.0. The highest BCUT2D eigenvalue weighted by Gasteiger charge is 2.35. The Balaban J connectivity index is 1.61. The summed E-state index contributed by atoms with van der Waals surface area (Å²) in [5.74, 6) is 0.654. The van der Waals surface area contributed by atoms with Gasteiger partial charge in [-0.2, -0.15) is 13.2 Å². The van der Waals surface area contributed by atoms with E-state index < -0.39 is 11.7 Å². The summed E-state index contributed by atoms with van der Waals surface area (Å²) < 4.78 is 43.4. The summed E-state index contributed by atoms with van der Waals surface area (Å²) in [4.78, 5) is 10.1. The second-order valence-electron chi connectivity index (χ2n) is 10.5. The van der Waals surface area contributed by atoms with E-state index in [2.05, 4.69) is 60.8 Å². The lowest BCUT2D eigenvalue weighted by atomic mass is 9.87. The monoisotopic (exact) mass is 482 g/mol. The zero-order valence-electron chi connectivity index (χ0n) is 21.0. The number of H-pyrrole nitrogens is 1. The first kappa shape index (κ1) is 23.9. The highest BCUT2D eigenvalue weighted by atomic mass is 19.4. The Morgan fingerprint density at radius 2 is 1.74 bits per heavy atom. The zero-order chi connectivity index (χ0) is 25.1. The molecule has 0 radical (unpaired) electrons. The van der Waals surface area contributed by atoms with Crippen LogP contribution in [-0.2, 0) is 6.18 Å². The predicted molar refractivity (Wildman–Crippen MR) is 135 cm³/mol. The fraction of sp³-hybridized carbons (Fsp3) is 0.464. The minimum Gasteiger partial charge on any atom is -0.354 e. The van der Waals surface area contributed by atoms with Gasteiger partial charge in [0, 0.05) is 34.9 Å². The van der Waals surface area contributed by atoms with Gasteiger partial charge in [0.25, 0.3) is 0 Å². The minimum absolute atomic E-state index is 0.0593. The van der Waals surface area contributed by atoms with Crippen LogP contribution in [0.15, 0.2) is 36.7 Å². The van der Waals surface area contributed by atoms with Crippen molar-refractivity contribution < 1.29 is 13.2 Å². The molecule has 1 aliphatic heterocycles. The van der Waals surface area contributed by atoms with E-state index in [4.69, 9.17) is 0 Å². The van der Waals surface area contributed by atoms with Crippen LogP contribution in [0.4, 0.5) is 13.2 Å². The van der Waals surface area contributed by atoms with E-state index in [-0.39, 0.29) is 11.6 Å². The molecule has 1 aliphatic rings. The van der Waals surface area contributed by atoms with Crippen LogP contribution >= 0.6 is 0 Å². The largest absolute Gasteiger partial charge is 0.420 e. The van der Waals surface area contributed by atoms with Crippen LogP contribution in [0.2, 0.25) is 0 Å². The molecule has 1 saturated heterocycles. The highest BCUT2D eigenvalue weighted by Crippen LogP contribution is 2.41. The molecule has 5 rings (SSSR count). The van der Waals surface area contributed by atoms with Crippen molar-refractivity contribution in [2.75, 3.05) is 13.1 Å². The Labute approximate surface area is 204 Å². The standard InChI is InChI=1S/C28H33F3N4/c1-16(2)25-22-12-20(19-8-10-34(11-9-19)17(3)4)6-7-24(22)33-26(25)21-13-23(28(29,30)31)27-32-18(5)14-35(27)15-21/h6-7,12-17,19,33H,8-11H2,1-5H3. The van der Waals surface area contributed by atoms with E-state index in [0.29, 0.717) is 23.2 Å². The number of benzene rings is 1. The average Bonchev–Trinajstić information content (AvgIpc) is 3.36. The number of hydrogen-bond donors (Lipinski definition) is 1. The number of pyridine rings is 1. The first-order valence-corrected chi connectivity index (χ1v) is 12.5. The van der Waals surface area contributed by atoms with E-state index >= 15 is 0 Å². The summed E-state index contributed by atoms with van der Waals surface area (Å²) in [7, 11) is 0. The van der Waals surface area contributed by atoms with Crippen molar-refractivity contribution >= 4 is 16.6 Å². The maximum atomic E-state index is 14.0. The Morgan fingerprint density at radius 1 is 1.03 bits per heavy atom. The number of aromatic nitrogens is 3. The third-order valence-electron chi connectivity index (χ3n) is 7.44. The lowest BCUT2D eigenvalue weighted by molar-refractivity contribution is -0.136. The number of nitrogens with zero attached hydrogens (tertiary/aromatic N) is 3. The first-order valence-electron chi connectivity index (χ1n) is 12.5. The Hall–Kier alpha value is -2.80. The van der Waals surface area contributed by atoms with Gasteiger partial charge in [0.15, 0.2) is 0 Å². The molecule has 1 fully saturated rings. The van der Waals surface area contributed by atoms with Crippen LogP contribution in [0.1, 0.15) is 74.8 Å². The van der Waals surface area contributed by atoms with Crippen LogP contribution in [0.5, 0.6) is 0 Å². The summed E-state index contributed by atoms with van der Waals surface area (Å²) in [5.41, 5.74) is 4.40. The third kappa shape index (κ3) is 4.35. The van der Waals surface area contributed by atoms with Crippen molar-refractivity contribution in [1.82, 2.24) is 19.3 Å². The minimum atomic E-state index is -4.49. The van der Waals surface area contributed by atoms with Crippen molar-refractivity contribution in [3.8, 4) is 11.3 Å². The summed E-state index contributed by atoms with van der Waals surface area (Å²) in [5, 5.41) is 1.11. The van der Waals surface area contributed by atoms with Gasteiger partial charge >= 0.3 is 6.18 Å². The second-order valence-corrected chi connectivity index (χ2v) is 10.5. The van der Waals surface area contributed by atoms with Gasteiger partial charge in [-0.05, 0) is 87.9 Å². The highest BCUT2D eigenvalue weighted by molar-refractivity contribution is 5.92. The molecule has 7 heteroatoms. The molecular formula is C28H33F3N4. The van der Waals surface area contributed by atoms with E-state index in [1.165, 1.54) is 16.0 Å². The van der Waals surface area contributed by atoms with Crippen molar-refractivity contribution in [3.63, 3.8) is 0 Å². The molecule has 4 aromatic rings. The van der Waals surface area contributed by atoms with Crippen LogP contribution in [0, 0.1) is 6.92 Å². The average molecular weight is 483 g/mol. The van der Waals surface area contributed by atoms with Gasteiger partial charge in [-0.15, -0.1) is 0 Å². The fourth-order valence-electron chi connectivity index (χ4n) is 5.63. The molecular weight excluding hydrogens is 449 g/mol. The topological polar surface area (TPSA) is 36.3 Å². The molecule has 0 saturated carbocycles. The van der Waals surface area contributed by atoms with Gasteiger partial charge in [-0.1, -0.05) is 19.9 Å². The Bertz CT molecular complexity index is 1370. The van der Waals surface area contributed by atoms with Gasteiger partial charge in [0.1, 0.15) is 5.65 Å². The summed E-state index contributed by atoms with van der Waals surface area (Å²) in [6, 6.07) is 8.36. The number of aryl methyl sites for hydroxylation is 1. The van der Waals surface area contributed by atoms with E-state index in [0.717, 1.165) is 48.1 Å². The summed E-state index contributed by atoms with van der Waals surface area (Å²) >= 11 is 0. The van der Waals surface area contributed by atoms with E-state index in [1.807, 2.05) is 0 Å². The van der Waals surface area contributed by atoms with E-state index in [9.17, 15) is 13.2 Å².